The Kier molecular flexibility index (Phi) is 2.12. The van der Waals surface area contributed by atoms with Crippen molar-refractivity contribution >= 4 is 5.57 Å². The zero-order valence-corrected chi connectivity index (χ0v) is 8.12. The van der Waals surface area contributed by atoms with Crippen LogP contribution < -0.4 is 0 Å². The maximum atomic E-state index is 4.06. The summed E-state index contributed by atoms with van der Waals surface area (Å²) < 4.78 is 1.91. The molecule has 0 atom stereocenters. The lowest BCUT2D eigenvalue weighted by Crippen LogP contribution is -2.02. The highest BCUT2D eigenvalue weighted by Crippen LogP contribution is 2.25. The first-order valence-corrected chi connectivity index (χ1v) is 4.72. The molecule has 0 bridgehead atoms. The molecule has 0 spiro atoms. The second-order valence-electron chi connectivity index (χ2n) is 3.66. The van der Waals surface area contributed by atoms with Gasteiger partial charge in [-0.25, -0.2) is 4.68 Å². The Morgan fingerprint density at radius 2 is 2.15 bits per heavy atom. The van der Waals surface area contributed by atoms with Crippen LogP contribution in [0.4, 0.5) is 0 Å². The molecule has 0 aromatic carbocycles. The Labute approximate surface area is 77.6 Å². The lowest BCUT2D eigenvalue weighted by molar-refractivity contribution is 0.556. The number of aromatic nitrogens is 4. The van der Waals surface area contributed by atoms with Crippen LogP contribution in [0.25, 0.3) is 5.57 Å². The van der Waals surface area contributed by atoms with Gasteiger partial charge >= 0.3 is 0 Å². The van der Waals surface area contributed by atoms with E-state index in [0.717, 1.165) is 18.8 Å². The summed E-state index contributed by atoms with van der Waals surface area (Å²) in [6.07, 6.45) is 3.52. The summed E-state index contributed by atoms with van der Waals surface area (Å²) in [7, 11) is 0. The Morgan fingerprint density at radius 1 is 1.31 bits per heavy atom. The van der Waals surface area contributed by atoms with Gasteiger partial charge in [-0.2, -0.15) is 0 Å². The van der Waals surface area contributed by atoms with E-state index < -0.39 is 0 Å². The molecule has 0 amide bonds. The van der Waals surface area contributed by atoms with Crippen LogP contribution in [0.3, 0.4) is 0 Å². The minimum absolute atomic E-state index is 0.957. The van der Waals surface area contributed by atoms with Crippen molar-refractivity contribution in [1.29, 1.82) is 0 Å². The fourth-order valence-electron chi connectivity index (χ4n) is 1.72. The van der Waals surface area contributed by atoms with Gasteiger partial charge in [-0.05, 0) is 49.1 Å². The Morgan fingerprint density at radius 3 is 2.92 bits per heavy atom. The van der Waals surface area contributed by atoms with Crippen LogP contribution in [0, 0.1) is 0 Å². The highest BCUT2D eigenvalue weighted by atomic mass is 15.5. The largest absolute Gasteiger partial charge is 0.226 e. The third kappa shape index (κ3) is 1.48. The number of hydrogen-bond donors (Lipinski definition) is 0. The van der Waals surface area contributed by atoms with Crippen LogP contribution in [0.2, 0.25) is 0 Å². The third-order valence-electron chi connectivity index (χ3n) is 2.45. The number of tetrazole rings is 1. The SMILES string of the molecule is CC(C)=C1CCCCn2nnnc21. The van der Waals surface area contributed by atoms with Crippen molar-refractivity contribution in [2.24, 2.45) is 0 Å². The first kappa shape index (κ1) is 8.41. The maximum Gasteiger partial charge on any atom is 0.177 e. The summed E-state index contributed by atoms with van der Waals surface area (Å²) in [5.74, 6) is 0.970. The smallest absolute Gasteiger partial charge is 0.177 e. The number of aryl methyl sites for hydroxylation is 1. The fourth-order valence-corrected chi connectivity index (χ4v) is 1.72. The van der Waals surface area contributed by atoms with Gasteiger partial charge in [0, 0.05) is 6.54 Å². The minimum Gasteiger partial charge on any atom is -0.226 e. The first-order valence-electron chi connectivity index (χ1n) is 4.72. The second kappa shape index (κ2) is 3.28. The third-order valence-corrected chi connectivity index (χ3v) is 2.45. The first-order chi connectivity index (χ1) is 6.29. The van der Waals surface area contributed by atoms with E-state index in [2.05, 4.69) is 29.4 Å². The molecule has 4 nitrogen and oxygen atoms in total. The number of nitrogens with zero attached hydrogens (tertiary/aromatic N) is 4. The number of hydrogen-bond acceptors (Lipinski definition) is 3. The summed E-state index contributed by atoms with van der Waals surface area (Å²) in [6.45, 7) is 5.21. The topological polar surface area (TPSA) is 43.6 Å². The van der Waals surface area contributed by atoms with Crippen molar-refractivity contribution in [2.75, 3.05) is 0 Å². The van der Waals surface area contributed by atoms with E-state index in [-0.39, 0.29) is 0 Å². The number of fused-ring (bicyclic) bond motifs is 1. The standard InChI is InChI=1S/C9H14N4/c1-7(2)8-5-3-4-6-13-9(8)10-11-12-13/h3-6H2,1-2H3. The molecule has 0 unspecified atom stereocenters. The summed E-state index contributed by atoms with van der Waals surface area (Å²) in [5.41, 5.74) is 2.65. The van der Waals surface area contributed by atoms with Gasteiger partial charge in [0.05, 0.1) is 0 Å². The van der Waals surface area contributed by atoms with Crippen molar-refractivity contribution < 1.29 is 0 Å². The highest BCUT2D eigenvalue weighted by molar-refractivity contribution is 5.62. The summed E-state index contributed by atoms with van der Waals surface area (Å²) in [5, 5.41) is 11.7. The van der Waals surface area contributed by atoms with Crippen LogP contribution in [0.15, 0.2) is 5.57 Å². The monoisotopic (exact) mass is 178 g/mol. The van der Waals surface area contributed by atoms with E-state index in [1.165, 1.54) is 24.0 Å². The molecule has 13 heavy (non-hydrogen) atoms. The van der Waals surface area contributed by atoms with Crippen molar-refractivity contribution in [2.45, 2.75) is 39.7 Å². The van der Waals surface area contributed by atoms with Crippen molar-refractivity contribution in [1.82, 2.24) is 20.2 Å². The second-order valence-corrected chi connectivity index (χ2v) is 3.66. The molecule has 1 aliphatic rings. The van der Waals surface area contributed by atoms with Crippen LogP contribution in [-0.2, 0) is 6.54 Å². The molecule has 0 radical (unpaired) electrons. The van der Waals surface area contributed by atoms with Gasteiger partial charge in [0.25, 0.3) is 0 Å². The van der Waals surface area contributed by atoms with Gasteiger partial charge in [0.15, 0.2) is 5.82 Å². The lowest BCUT2D eigenvalue weighted by atomic mass is 10.1. The van der Waals surface area contributed by atoms with Gasteiger partial charge in [-0.1, -0.05) is 5.57 Å². The molecule has 0 N–H and O–H groups in total. The van der Waals surface area contributed by atoms with Gasteiger partial charge in [0.2, 0.25) is 0 Å². The van der Waals surface area contributed by atoms with Gasteiger partial charge in [0.1, 0.15) is 0 Å². The van der Waals surface area contributed by atoms with Crippen molar-refractivity contribution in [3.05, 3.63) is 11.4 Å². The molecule has 4 heteroatoms. The van der Waals surface area contributed by atoms with Crippen molar-refractivity contribution in [3.8, 4) is 0 Å². The average molecular weight is 178 g/mol. The van der Waals surface area contributed by atoms with E-state index in [4.69, 9.17) is 0 Å². The van der Waals surface area contributed by atoms with Crippen LogP contribution in [-0.4, -0.2) is 20.2 Å². The van der Waals surface area contributed by atoms with Gasteiger partial charge < -0.3 is 0 Å². The van der Waals surface area contributed by atoms with E-state index in [9.17, 15) is 0 Å². The molecule has 70 valence electrons. The van der Waals surface area contributed by atoms with E-state index in [1.54, 1.807) is 0 Å². The van der Waals surface area contributed by atoms with Gasteiger partial charge in [-0.3, -0.25) is 0 Å². The van der Waals surface area contributed by atoms with E-state index in [1.807, 2.05) is 4.68 Å². The van der Waals surface area contributed by atoms with Gasteiger partial charge in [-0.15, -0.1) is 5.10 Å². The number of rotatable bonds is 0. The lowest BCUT2D eigenvalue weighted by Gasteiger charge is -2.03. The fraction of sp³-hybridized carbons (Fsp3) is 0.667. The molecule has 2 rings (SSSR count). The van der Waals surface area contributed by atoms with Crippen molar-refractivity contribution in [3.63, 3.8) is 0 Å². The summed E-state index contributed by atoms with van der Waals surface area (Å²) >= 11 is 0. The molecule has 1 aromatic rings. The predicted molar refractivity (Wildman–Crippen MR) is 49.9 cm³/mol. The molecule has 1 aliphatic heterocycles. The Balaban J connectivity index is 2.48. The number of allylic oxidation sites excluding steroid dienone is 2. The van der Waals surface area contributed by atoms with Crippen LogP contribution in [0.5, 0.6) is 0 Å². The minimum atomic E-state index is 0.957. The molecule has 1 aromatic heterocycles. The zero-order chi connectivity index (χ0) is 9.26. The Bertz CT molecular complexity index is 333. The van der Waals surface area contributed by atoms with Crippen LogP contribution >= 0.6 is 0 Å². The maximum absolute atomic E-state index is 4.06. The molecular weight excluding hydrogens is 164 g/mol. The predicted octanol–water partition coefficient (Wildman–Crippen LogP) is 1.65. The zero-order valence-electron chi connectivity index (χ0n) is 8.12. The molecule has 0 aliphatic carbocycles. The Hall–Kier alpha value is -1.19. The molecule has 0 fully saturated rings. The summed E-state index contributed by atoms with van der Waals surface area (Å²) in [4.78, 5) is 0. The van der Waals surface area contributed by atoms with E-state index in [0.29, 0.717) is 0 Å². The molecule has 2 heterocycles. The molecular formula is C9H14N4. The normalized spacial score (nSPS) is 16.6. The average Bonchev–Trinajstić information content (AvgIpc) is 2.44. The summed E-state index contributed by atoms with van der Waals surface area (Å²) in [6, 6.07) is 0. The van der Waals surface area contributed by atoms with Crippen LogP contribution in [0.1, 0.15) is 38.9 Å². The molecule has 0 saturated carbocycles. The molecule has 0 saturated heterocycles. The highest BCUT2D eigenvalue weighted by Gasteiger charge is 2.15. The quantitative estimate of drug-likeness (QED) is 0.606. The van der Waals surface area contributed by atoms with E-state index >= 15 is 0 Å².